The number of hydrogen-bond donors (Lipinski definition) is 3. The third-order valence-electron chi connectivity index (χ3n) is 4.08. The number of benzene rings is 1. The Hall–Kier alpha value is -3.42. The number of aromatic amines is 1. The first-order chi connectivity index (χ1) is 11.6. The molecule has 120 valence electrons. The molecule has 1 aromatic carbocycles. The molecule has 1 aliphatic rings. The maximum atomic E-state index is 12.2. The number of para-hydroxylation sites is 1. The fourth-order valence-electron chi connectivity index (χ4n) is 2.99. The van der Waals surface area contributed by atoms with Crippen molar-refractivity contribution < 1.29 is 14.7 Å². The summed E-state index contributed by atoms with van der Waals surface area (Å²) < 4.78 is 1.64. The van der Waals surface area contributed by atoms with Crippen LogP contribution in [0, 0.1) is 0 Å². The molecule has 2 aromatic heterocycles. The molecular formula is C16H13N5O3. The van der Waals surface area contributed by atoms with Gasteiger partial charge in [-0.2, -0.15) is 10.2 Å². The van der Waals surface area contributed by atoms with Crippen LogP contribution in [0.25, 0.3) is 5.69 Å². The highest BCUT2D eigenvalue weighted by Crippen LogP contribution is 2.38. The number of carbonyl (C=O) groups is 2. The number of amides is 1. The van der Waals surface area contributed by atoms with Crippen molar-refractivity contribution in [2.24, 2.45) is 0 Å². The number of carboxylic acid groups (broad SMARTS) is 1. The van der Waals surface area contributed by atoms with Crippen LogP contribution in [-0.2, 0) is 4.79 Å². The predicted octanol–water partition coefficient (Wildman–Crippen LogP) is 1.77. The van der Waals surface area contributed by atoms with Gasteiger partial charge in [-0.25, -0.2) is 9.48 Å². The number of nitrogens with zero attached hydrogens (tertiary/aromatic N) is 3. The van der Waals surface area contributed by atoms with E-state index in [-0.39, 0.29) is 18.0 Å². The van der Waals surface area contributed by atoms with Gasteiger partial charge in [0.25, 0.3) is 0 Å². The summed E-state index contributed by atoms with van der Waals surface area (Å²) >= 11 is 0. The largest absolute Gasteiger partial charge is 0.477 e. The van der Waals surface area contributed by atoms with Crippen LogP contribution in [0.5, 0.6) is 0 Å². The molecule has 0 bridgehead atoms. The van der Waals surface area contributed by atoms with E-state index >= 15 is 0 Å². The number of fused-ring (bicyclic) bond motifs is 1. The Kier molecular flexibility index (Phi) is 3.16. The predicted molar refractivity (Wildman–Crippen MR) is 84.2 cm³/mol. The van der Waals surface area contributed by atoms with E-state index in [9.17, 15) is 14.7 Å². The number of hydrogen-bond acceptors (Lipinski definition) is 4. The summed E-state index contributed by atoms with van der Waals surface area (Å²) in [6, 6.07) is 9.41. The molecule has 4 rings (SSSR count). The van der Waals surface area contributed by atoms with Crippen molar-refractivity contribution in [1.29, 1.82) is 0 Å². The summed E-state index contributed by atoms with van der Waals surface area (Å²) in [5.74, 6) is -1.15. The third-order valence-corrected chi connectivity index (χ3v) is 4.08. The standard InChI is InChI=1S/C16H13N5O3/c22-13-6-10(11-7-17-20-14(11)16(23)24)12-8-18-21(15(12)19-13)9-4-2-1-3-5-9/h1-5,7-8,10H,6H2,(H,17,20)(H,19,22)(H,23,24)/t10-/m0/s1. The van der Waals surface area contributed by atoms with Gasteiger partial charge in [0.15, 0.2) is 0 Å². The molecule has 0 spiro atoms. The number of anilines is 1. The second kappa shape index (κ2) is 5.34. The zero-order valence-corrected chi connectivity index (χ0v) is 12.4. The second-order valence-electron chi connectivity index (χ2n) is 5.51. The first-order valence-corrected chi connectivity index (χ1v) is 7.35. The summed E-state index contributed by atoms with van der Waals surface area (Å²) in [7, 11) is 0. The molecule has 3 N–H and O–H groups in total. The average molecular weight is 323 g/mol. The van der Waals surface area contributed by atoms with Gasteiger partial charge in [0, 0.05) is 23.5 Å². The molecule has 1 aliphatic heterocycles. The lowest BCUT2D eigenvalue weighted by Crippen LogP contribution is -2.25. The lowest BCUT2D eigenvalue weighted by atomic mass is 9.87. The van der Waals surface area contributed by atoms with Gasteiger partial charge < -0.3 is 10.4 Å². The van der Waals surface area contributed by atoms with Gasteiger partial charge in [-0.05, 0) is 12.1 Å². The van der Waals surface area contributed by atoms with Crippen LogP contribution in [0.4, 0.5) is 5.82 Å². The third kappa shape index (κ3) is 2.16. The molecule has 0 fully saturated rings. The minimum Gasteiger partial charge on any atom is -0.477 e. The number of carboxylic acids is 1. The molecule has 1 atom stereocenters. The number of nitrogens with one attached hydrogen (secondary N) is 2. The summed E-state index contributed by atoms with van der Waals surface area (Å²) in [5, 5.41) is 22.8. The van der Waals surface area contributed by atoms with Gasteiger partial charge in [0.2, 0.25) is 5.91 Å². The monoisotopic (exact) mass is 323 g/mol. The van der Waals surface area contributed by atoms with Gasteiger partial charge in [-0.3, -0.25) is 9.89 Å². The van der Waals surface area contributed by atoms with E-state index in [2.05, 4.69) is 20.6 Å². The van der Waals surface area contributed by atoms with Gasteiger partial charge in [-0.1, -0.05) is 18.2 Å². The molecule has 3 heterocycles. The van der Waals surface area contributed by atoms with E-state index in [0.717, 1.165) is 11.3 Å². The van der Waals surface area contributed by atoms with Gasteiger partial charge >= 0.3 is 5.97 Å². The van der Waals surface area contributed by atoms with E-state index in [0.29, 0.717) is 11.4 Å². The first kappa shape index (κ1) is 14.2. The van der Waals surface area contributed by atoms with Crippen LogP contribution in [0.1, 0.15) is 34.0 Å². The van der Waals surface area contributed by atoms with Crippen molar-refractivity contribution in [3.05, 3.63) is 59.5 Å². The number of aromatic nitrogens is 4. The highest BCUT2D eigenvalue weighted by atomic mass is 16.4. The Morgan fingerprint density at radius 2 is 2.00 bits per heavy atom. The molecule has 3 aromatic rings. The van der Waals surface area contributed by atoms with Crippen molar-refractivity contribution in [2.75, 3.05) is 5.32 Å². The molecule has 0 radical (unpaired) electrons. The van der Waals surface area contributed by atoms with E-state index in [4.69, 9.17) is 0 Å². The molecule has 0 aliphatic carbocycles. The number of H-pyrrole nitrogens is 1. The van der Waals surface area contributed by atoms with Crippen LogP contribution < -0.4 is 5.32 Å². The maximum absolute atomic E-state index is 12.2. The van der Waals surface area contributed by atoms with Crippen LogP contribution in [-0.4, -0.2) is 37.0 Å². The van der Waals surface area contributed by atoms with Crippen LogP contribution in [0.3, 0.4) is 0 Å². The zero-order valence-electron chi connectivity index (χ0n) is 12.4. The molecule has 0 unspecified atom stereocenters. The van der Waals surface area contributed by atoms with Crippen LogP contribution >= 0.6 is 0 Å². The molecule has 24 heavy (non-hydrogen) atoms. The van der Waals surface area contributed by atoms with Crippen molar-refractivity contribution in [2.45, 2.75) is 12.3 Å². The Morgan fingerprint density at radius 1 is 1.21 bits per heavy atom. The summed E-state index contributed by atoms with van der Waals surface area (Å²) in [6.07, 6.45) is 3.26. The van der Waals surface area contributed by atoms with Gasteiger partial charge in [-0.15, -0.1) is 0 Å². The van der Waals surface area contributed by atoms with Gasteiger partial charge in [0.05, 0.1) is 18.1 Å². The number of rotatable bonds is 3. The normalized spacial score (nSPS) is 16.5. The first-order valence-electron chi connectivity index (χ1n) is 7.35. The van der Waals surface area contributed by atoms with Crippen molar-refractivity contribution in [3.63, 3.8) is 0 Å². The Morgan fingerprint density at radius 3 is 2.75 bits per heavy atom. The molecule has 0 saturated heterocycles. The fourth-order valence-corrected chi connectivity index (χ4v) is 2.99. The topological polar surface area (TPSA) is 113 Å². The number of aromatic carboxylic acids is 1. The lowest BCUT2D eigenvalue weighted by molar-refractivity contribution is -0.116. The molecule has 1 amide bonds. The summed E-state index contributed by atoms with van der Waals surface area (Å²) in [5.41, 5.74) is 2.05. The Labute approximate surface area is 136 Å². The van der Waals surface area contributed by atoms with Crippen LogP contribution in [0.15, 0.2) is 42.7 Å². The Balaban J connectivity index is 1.84. The highest BCUT2D eigenvalue weighted by molar-refractivity contribution is 5.95. The minimum absolute atomic E-state index is 0.00638. The molecule has 8 nitrogen and oxygen atoms in total. The highest BCUT2D eigenvalue weighted by Gasteiger charge is 2.33. The second-order valence-corrected chi connectivity index (χ2v) is 5.51. The van der Waals surface area contributed by atoms with Crippen molar-refractivity contribution in [1.82, 2.24) is 20.0 Å². The summed E-state index contributed by atoms with van der Waals surface area (Å²) in [6.45, 7) is 0. The fraction of sp³-hybridized carbons (Fsp3) is 0.125. The zero-order chi connectivity index (χ0) is 16.7. The van der Waals surface area contributed by atoms with Crippen LogP contribution in [0.2, 0.25) is 0 Å². The number of carbonyl (C=O) groups excluding carboxylic acids is 1. The van der Waals surface area contributed by atoms with Gasteiger partial charge in [0.1, 0.15) is 11.5 Å². The minimum atomic E-state index is -1.11. The van der Waals surface area contributed by atoms with E-state index in [1.807, 2.05) is 30.3 Å². The van der Waals surface area contributed by atoms with E-state index < -0.39 is 11.9 Å². The smallest absolute Gasteiger partial charge is 0.354 e. The quantitative estimate of drug-likeness (QED) is 0.680. The van der Waals surface area contributed by atoms with E-state index in [1.54, 1.807) is 10.9 Å². The summed E-state index contributed by atoms with van der Waals surface area (Å²) in [4.78, 5) is 23.5. The maximum Gasteiger partial charge on any atom is 0.354 e. The molecule has 8 heteroatoms. The molecular weight excluding hydrogens is 310 g/mol. The SMILES string of the molecule is O=C1C[C@@H](c2cn[nH]c2C(=O)O)c2cnn(-c3ccccc3)c2N1. The van der Waals surface area contributed by atoms with Crippen molar-refractivity contribution >= 4 is 17.7 Å². The average Bonchev–Trinajstić information content (AvgIpc) is 3.22. The lowest BCUT2D eigenvalue weighted by Gasteiger charge is -2.23. The Bertz CT molecular complexity index is 928. The van der Waals surface area contributed by atoms with Crippen molar-refractivity contribution in [3.8, 4) is 5.69 Å². The van der Waals surface area contributed by atoms with E-state index in [1.165, 1.54) is 6.20 Å². The molecule has 0 saturated carbocycles.